The van der Waals surface area contributed by atoms with Crippen LogP contribution >= 0.6 is 0 Å². The number of halogens is 1. The third kappa shape index (κ3) is 3.50. The number of hydrogen-bond donors (Lipinski definition) is 2. The number of hydrogen-bond acceptors (Lipinski definition) is 3. The Hall–Kier alpha value is -3.48. The Labute approximate surface area is 179 Å². The van der Waals surface area contributed by atoms with Gasteiger partial charge in [-0.2, -0.15) is 5.10 Å². The van der Waals surface area contributed by atoms with E-state index in [1.165, 1.54) is 12.1 Å². The SMILES string of the molecule is Cc1cccc(C(=O)N[C@@H]2C(=O)Nc3c(c(C)nn3C3CC3)[C@H]2c2ccc(F)cc2)c1. The molecule has 2 aliphatic rings. The molecule has 2 aromatic carbocycles. The number of fused-ring (bicyclic) bond motifs is 1. The molecule has 3 aromatic rings. The van der Waals surface area contributed by atoms with Crippen LogP contribution in [0.15, 0.2) is 48.5 Å². The zero-order valence-electron chi connectivity index (χ0n) is 17.4. The van der Waals surface area contributed by atoms with Gasteiger partial charge in [-0.3, -0.25) is 9.59 Å². The van der Waals surface area contributed by atoms with E-state index in [-0.39, 0.29) is 23.7 Å². The fourth-order valence-corrected chi connectivity index (χ4v) is 4.34. The summed E-state index contributed by atoms with van der Waals surface area (Å²) >= 11 is 0. The first-order chi connectivity index (χ1) is 14.9. The molecule has 0 bridgehead atoms. The zero-order chi connectivity index (χ0) is 21.7. The highest BCUT2D eigenvalue weighted by Crippen LogP contribution is 2.44. The quantitative estimate of drug-likeness (QED) is 0.676. The van der Waals surface area contributed by atoms with Crippen LogP contribution in [0.3, 0.4) is 0 Å². The Kier molecular flexibility index (Phi) is 4.61. The number of nitrogens with one attached hydrogen (secondary N) is 2. The summed E-state index contributed by atoms with van der Waals surface area (Å²) in [6.45, 7) is 3.82. The smallest absolute Gasteiger partial charge is 0.251 e. The van der Waals surface area contributed by atoms with Gasteiger partial charge in [-0.15, -0.1) is 0 Å². The maximum absolute atomic E-state index is 13.6. The lowest BCUT2D eigenvalue weighted by molar-refractivity contribution is -0.118. The molecular weight excluding hydrogens is 395 g/mol. The van der Waals surface area contributed by atoms with E-state index in [4.69, 9.17) is 0 Å². The molecule has 158 valence electrons. The Bertz CT molecular complexity index is 1180. The van der Waals surface area contributed by atoms with Crippen LogP contribution in [-0.2, 0) is 4.79 Å². The largest absolute Gasteiger partial charge is 0.339 e. The van der Waals surface area contributed by atoms with Gasteiger partial charge in [0.25, 0.3) is 5.91 Å². The molecule has 1 saturated carbocycles. The van der Waals surface area contributed by atoms with Gasteiger partial charge in [-0.25, -0.2) is 9.07 Å². The van der Waals surface area contributed by atoms with Crippen LogP contribution in [0.5, 0.6) is 0 Å². The minimum atomic E-state index is -0.846. The van der Waals surface area contributed by atoms with E-state index in [1.807, 2.05) is 30.7 Å². The van der Waals surface area contributed by atoms with Crippen molar-refractivity contribution in [3.05, 3.63) is 82.3 Å². The van der Waals surface area contributed by atoms with Gasteiger partial charge in [0.05, 0.1) is 11.7 Å². The number of benzene rings is 2. The standard InChI is InChI=1S/C24H23FN4O2/c1-13-4-3-5-16(12-13)23(30)26-21-20(15-6-8-17(25)9-7-15)19-14(2)28-29(18-10-11-18)22(19)27-24(21)31/h3-9,12,18,20-21H,10-11H2,1-2H3,(H,26,30)(H,27,31)/t20-,21+/m1/s1. The van der Waals surface area contributed by atoms with Crippen LogP contribution in [0.1, 0.15) is 57.5 Å². The fraction of sp³-hybridized carbons (Fsp3) is 0.292. The Morgan fingerprint density at radius 1 is 1.16 bits per heavy atom. The van der Waals surface area contributed by atoms with E-state index in [1.54, 1.807) is 24.3 Å². The average Bonchev–Trinajstić information content (AvgIpc) is 3.54. The van der Waals surface area contributed by atoms with Crippen molar-refractivity contribution < 1.29 is 14.0 Å². The third-order valence-electron chi connectivity index (χ3n) is 5.99. The second-order valence-corrected chi connectivity index (χ2v) is 8.36. The van der Waals surface area contributed by atoms with E-state index >= 15 is 0 Å². The van der Waals surface area contributed by atoms with Crippen molar-refractivity contribution in [2.75, 3.05) is 5.32 Å². The van der Waals surface area contributed by atoms with Crippen molar-refractivity contribution in [1.82, 2.24) is 15.1 Å². The normalized spacial score (nSPS) is 20.2. The van der Waals surface area contributed by atoms with Gasteiger partial charge in [0.1, 0.15) is 17.7 Å². The summed E-state index contributed by atoms with van der Waals surface area (Å²) in [7, 11) is 0. The molecule has 31 heavy (non-hydrogen) atoms. The van der Waals surface area contributed by atoms with Crippen LogP contribution in [0.25, 0.3) is 0 Å². The van der Waals surface area contributed by atoms with E-state index in [9.17, 15) is 14.0 Å². The van der Waals surface area contributed by atoms with Crippen molar-refractivity contribution in [1.29, 1.82) is 0 Å². The lowest BCUT2D eigenvalue weighted by Gasteiger charge is -2.33. The van der Waals surface area contributed by atoms with Crippen molar-refractivity contribution in [3.8, 4) is 0 Å². The Morgan fingerprint density at radius 2 is 1.90 bits per heavy atom. The third-order valence-corrected chi connectivity index (χ3v) is 5.99. The summed E-state index contributed by atoms with van der Waals surface area (Å²) in [4.78, 5) is 26.2. The number of anilines is 1. The van der Waals surface area contributed by atoms with Crippen LogP contribution < -0.4 is 10.6 Å². The molecule has 1 aliphatic carbocycles. The number of nitrogens with zero attached hydrogens (tertiary/aromatic N) is 2. The van der Waals surface area contributed by atoms with Crippen LogP contribution in [0.4, 0.5) is 10.2 Å². The maximum Gasteiger partial charge on any atom is 0.251 e. The highest BCUT2D eigenvalue weighted by molar-refractivity contribution is 6.04. The first-order valence-corrected chi connectivity index (χ1v) is 10.4. The van der Waals surface area contributed by atoms with E-state index in [2.05, 4.69) is 15.7 Å². The monoisotopic (exact) mass is 418 g/mol. The summed E-state index contributed by atoms with van der Waals surface area (Å²) < 4.78 is 15.5. The van der Waals surface area contributed by atoms with Crippen molar-refractivity contribution in [2.24, 2.45) is 0 Å². The second kappa shape index (κ2) is 7.34. The lowest BCUT2D eigenvalue weighted by atomic mass is 9.82. The molecule has 2 atom stereocenters. The predicted octanol–water partition coefficient (Wildman–Crippen LogP) is 3.86. The van der Waals surface area contributed by atoms with E-state index in [0.717, 1.165) is 35.2 Å². The van der Waals surface area contributed by atoms with E-state index < -0.39 is 12.0 Å². The van der Waals surface area contributed by atoms with Gasteiger partial charge < -0.3 is 10.6 Å². The molecule has 1 aliphatic heterocycles. The number of carbonyl (C=O) groups excluding carboxylic acids is 2. The van der Waals surface area contributed by atoms with Crippen molar-refractivity contribution in [3.63, 3.8) is 0 Å². The molecular formula is C24H23FN4O2. The summed E-state index contributed by atoms with van der Waals surface area (Å²) in [6.07, 6.45) is 2.05. The van der Waals surface area contributed by atoms with Crippen molar-refractivity contribution in [2.45, 2.75) is 44.7 Å². The first kappa shape index (κ1) is 19.5. The van der Waals surface area contributed by atoms with Gasteiger partial charge in [0.15, 0.2) is 0 Å². The minimum Gasteiger partial charge on any atom is -0.339 e. The number of aryl methyl sites for hydroxylation is 2. The van der Waals surface area contributed by atoms with E-state index in [0.29, 0.717) is 11.4 Å². The van der Waals surface area contributed by atoms with Crippen LogP contribution in [-0.4, -0.2) is 27.6 Å². The molecule has 5 rings (SSSR count). The molecule has 0 spiro atoms. The molecule has 2 heterocycles. The second-order valence-electron chi connectivity index (χ2n) is 8.36. The predicted molar refractivity (Wildman–Crippen MR) is 115 cm³/mol. The van der Waals surface area contributed by atoms with Crippen molar-refractivity contribution >= 4 is 17.6 Å². The number of aromatic nitrogens is 2. The minimum absolute atomic E-state index is 0.287. The number of rotatable bonds is 4. The van der Waals surface area contributed by atoms with Gasteiger partial charge in [0.2, 0.25) is 5.91 Å². The molecule has 0 saturated heterocycles. The Morgan fingerprint density at radius 3 is 2.58 bits per heavy atom. The number of amides is 2. The van der Waals surface area contributed by atoms with Crippen LogP contribution in [0.2, 0.25) is 0 Å². The Balaban J connectivity index is 1.58. The van der Waals surface area contributed by atoms with Gasteiger partial charge in [-0.1, -0.05) is 29.8 Å². The van der Waals surface area contributed by atoms with Gasteiger partial charge in [-0.05, 0) is 56.5 Å². The highest BCUT2D eigenvalue weighted by Gasteiger charge is 2.43. The molecule has 2 N–H and O–H groups in total. The molecule has 1 aromatic heterocycles. The summed E-state index contributed by atoms with van der Waals surface area (Å²) in [6, 6.07) is 12.8. The summed E-state index contributed by atoms with van der Waals surface area (Å²) in [5.74, 6) is -0.766. The molecule has 1 fully saturated rings. The molecule has 7 heteroatoms. The van der Waals surface area contributed by atoms with Gasteiger partial charge >= 0.3 is 0 Å². The average molecular weight is 418 g/mol. The van der Waals surface area contributed by atoms with Gasteiger partial charge in [0, 0.05) is 17.0 Å². The molecule has 6 nitrogen and oxygen atoms in total. The lowest BCUT2D eigenvalue weighted by Crippen LogP contribution is -2.50. The molecule has 2 amide bonds. The summed E-state index contributed by atoms with van der Waals surface area (Å²) in [5.41, 5.74) is 3.87. The molecule has 0 radical (unpaired) electrons. The first-order valence-electron chi connectivity index (χ1n) is 10.4. The fourth-order valence-electron chi connectivity index (χ4n) is 4.34. The summed E-state index contributed by atoms with van der Waals surface area (Å²) in [5, 5.41) is 10.6. The zero-order valence-corrected chi connectivity index (χ0v) is 17.4. The number of carbonyl (C=O) groups is 2. The topological polar surface area (TPSA) is 76.0 Å². The maximum atomic E-state index is 13.6. The highest BCUT2D eigenvalue weighted by atomic mass is 19.1. The van der Waals surface area contributed by atoms with Crippen LogP contribution in [0, 0.1) is 19.7 Å². The molecule has 0 unspecified atom stereocenters.